The van der Waals surface area contributed by atoms with Gasteiger partial charge in [0.2, 0.25) is 0 Å². The zero-order valence-corrected chi connectivity index (χ0v) is 7.35. The van der Waals surface area contributed by atoms with Gasteiger partial charge in [0.25, 0.3) is 0 Å². The smallest absolute Gasteiger partial charge is 0.129 e. The van der Waals surface area contributed by atoms with Gasteiger partial charge < -0.3 is 10.2 Å². The Hall–Kier alpha value is -0.920. The van der Waals surface area contributed by atoms with Gasteiger partial charge in [0, 0.05) is 18.4 Å². The van der Waals surface area contributed by atoms with E-state index < -0.39 is 0 Å². The summed E-state index contributed by atoms with van der Waals surface area (Å²) < 4.78 is 5.50. The van der Waals surface area contributed by atoms with E-state index in [1.807, 2.05) is 6.07 Å². The van der Waals surface area contributed by atoms with Crippen LogP contribution in [0.5, 0.6) is 0 Å². The molecular formula is C9H15NO. The van der Waals surface area contributed by atoms with E-state index in [9.17, 15) is 0 Å². The van der Waals surface area contributed by atoms with Crippen LogP contribution in [0, 0.1) is 0 Å². The molecule has 0 aliphatic heterocycles. The van der Waals surface area contributed by atoms with Crippen molar-refractivity contribution in [1.82, 2.24) is 0 Å². The van der Waals surface area contributed by atoms with Gasteiger partial charge in [0.15, 0.2) is 0 Å². The van der Waals surface area contributed by atoms with Gasteiger partial charge in [0.1, 0.15) is 11.5 Å². The van der Waals surface area contributed by atoms with Crippen LogP contribution in [0.1, 0.15) is 38.2 Å². The number of rotatable bonds is 2. The van der Waals surface area contributed by atoms with Gasteiger partial charge in [-0.2, -0.15) is 0 Å². The molecule has 0 saturated heterocycles. The molecule has 0 saturated carbocycles. The third-order valence-electron chi connectivity index (χ3n) is 1.71. The summed E-state index contributed by atoms with van der Waals surface area (Å²) in [5, 5.41) is 0. The Kier molecular flexibility index (Phi) is 2.22. The Morgan fingerprint density at radius 2 is 2.18 bits per heavy atom. The third kappa shape index (κ3) is 1.56. The van der Waals surface area contributed by atoms with Crippen LogP contribution in [-0.4, -0.2) is 0 Å². The Morgan fingerprint density at radius 3 is 2.45 bits per heavy atom. The Morgan fingerprint density at radius 1 is 1.55 bits per heavy atom. The summed E-state index contributed by atoms with van der Waals surface area (Å²) >= 11 is 0. The van der Waals surface area contributed by atoms with Gasteiger partial charge >= 0.3 is 0 Å². The van der Waals surface area contributed by atoms with Crippen LogP contribution >= 0.6 is 0 Å². The van der Waals surface area contributed by atoms with E-state index in [0.717, 1.165) is 23.6 Å². The fraction of sp³-hybridized carbons (Fsp3) is 0.556. The molecule has 62 valence electrons. The fourth-order valence-electron chi connectivity index (χ4n) is 1.10. The van der Waals surface area contributed by atoms with Crippen LogP contribution in [0.15, 0.2) is 10.5 Å². The van der Waals surface area contributed by atoms with E-state index in [1.54, 1.807) is 0 Å². The summed E-state index contributed by atoms with van der Waals surface area (Å²) in [7, 11) is 0. The van der Waals surface area contributed by atoms with Crippen molar-refractivity contribution in [2.45, 2.75) is 33.1 Å². The van der Waals surface area contributed by atoms with Crippen LogP contribution in [0.4, 0.5) is 5.69 Å². The van der Waals surface area contributed by atoms with E-state index in [1.165, 1.54) is 0 Å². The summed E-state index contributed by atoms with van der Waals surface area (Å²) in [6, 6.07) is 1.91. The highest BCUT2D eigenvalue weighted by atomic mass is 16.3. The molecule has 0 bridgehead atoms. The SMILES string of the molecule is CCc1cc(N)c(C(C)C)o1. The van der Waals surface area contributed by atoms with Gasteiger partial charge in [-0.1, -0.05) is 20.8 Å². The first kappa shape index (κ1) is 8.18. The quantitative estimate of drug-likeness (QED) is 0.709. The summed E-state index contributed by atoms with van der Waals surface area (Å²) in [4.78, 5) is 0. The van der Waals surface area contributed by atoms with Crippen LogP contribution < -0.4 is 5.73 Å². The number of furan rings is 1. The number of hydrogen-bond donors (Lipinski definition) is 1. The molecule has 0 radical (unpaired) electrons. The number of anilines is 1. The van der Waals surface area contributed by atoms with Crippen molar-refractivity contribution in [2.75, 3.05) is 5.73 Å². The number of nitrogens with two attached hydrogens (primary N) is 1. The topological polar surface area (TPSA) is 39.2 Å². The van der Waals surface area contributed by atoms with Crippen molar-refractivity contribution >= 4 is 5.69 Å². The molecule has 0 aliphatic rings. The highest BCUT2D eigenvalue weighted by molar-refractivity contribution is 5.44. The minimum Gasteiger partial charge on any atom is -0.464 e. The first-order valence-electron chi connectivity index (χ1n) is 4.03. The molecule has 1 rings (SSSR count). The second-order valence-electron chi connectivity index (χ2n) is 3.04. The van der Waals surface area contributed by atoms with Crippen molar-refractivity contribution in [3.05, 3.63) is 17.6 Å². The molecule has 0 fully saturated rings. The van der Waals surface area contributed by atoms with Gasteiger partial charge in [-0.15, -0.1) is 0 Å². The Bertz CT molecular complexity index is 238. The molecule has 0 spiro atoms. The molecule has 2 N–H and O–H groups in total. The van der Waals surface area contributed by atoms with Gasteiger partial charge in [0.05, 0.1) is 5.69 Å². The lowest BCUT2D eigenvalue weighted by Crippen LogP contribution is -1.90. The zero-order valence-electron chi connectivity index (χ0n) is 7.35. The lowest BCUT2D eigenvalue weighted by molar-refractivity contribution is 0.453. The Labute approximate surface area is 67.4 Å². The van der Waals surface area contributed by atoms with Crippen LogP contribution in [0.25, 0.3) is 0 Å². The van der Waals surface area contributed by atoms with Crippen molar-refractivity contribution in [3.63, 3.8) is 0 Å². The second kappa shape index (κ2) is 2.99. The molecule has 0 unspecified atom stereocenters. The normalized spacial score (nSPS) is 10.9. The maximum absolute atomic E-state index is 5.72. The first-order valence-corrected chi connectivity index (χ1v) is 4.03. The molecule has 0 aromatic carbocycles. The predicted octanol–water partition coefficient (Wildman–Crippen LogP) is 2.55. The van der Waals surface area contributed by atoms with Gasteiger partial charge in [-0.3, -0.25) is 0 Å². The van der Waals surface area contributed by atoms with E-state index >= 15 is 0 Å². The second-order valence-corrected chi connectivity index (χ2v) is 3.04. The van der Waals surface area contributed by atoms with Gasteiger partial charge in [-0.25, -0.2) is 0 Å². The summed E-state index contributed by atoms with van der Waals surface area (Å²) in [6.07, 6.45) is 0.914. The van der Waals surface area contributed by atoms with Crippen LogP contribution in [0.2, 0.25) is 0 Å². The predicted molar refractivity (Wildman–Crippen MR) is 46.6 cm³/mol. The average molecular weight is 153 g/mol. The lowest BCUT2D eigenvalue weighted by Gasteiger charge is -1.99. The average Bonchev–Trinajstić information content (AvgIpc) is 2.30. The highest BCUT2D eigenvalue weighted by Gasteiger charge is 2.09. The molecule has 1 heterocycles. The molecule has 1 aromatic heterocycles. The highest BCUT2D eigenvalue weighted by Crippen LogP contribution is 2.25. The Balaban J connectivity index is 2.97. The monoisotopic (exact) mass is 153 g/mol. The molecule has 0 aliphatic carbocycles. The summed E-state index contributed by atoms with van der Waals surface area (Å²) in [5.74, 6) is 2.28. The molecule has 2 nitrogen and oxygen atoms in total. The minimum absolute atomic E-state index is 0.385. The number of nitrogen functional groups attached to an aromatic ring is 1. The number of aryl methyl sites for hydroxylation is 1. The van der Waals surface area contributed by atoms with Crippen LogP contribution in [0.3, 0.4) is 0 Å². The fourth-order valence-corrected chi connectivity index (χ4v) is 1.10. The summed E-state index contributed by atoms with van der Waals surface area (Å²) in [6.45, 7) is 6.21. The number of hydrogen-bond acceptors (Lipinski definition) is 2. The molecule has 0 amide bonds. The molecule has 0 atom stereocenters. The van der Waals surface area contributed by atoms with E-state index in [2.05, 4.69) is 20.8 Å². The van der Waals surface area contributed by atoms with E-state index in [0.29, 0.717) is 5.92 Å². The maximum Gasteiger partial charge on any atom is 0.129 e. The molecule has 2 heteroatoms. The zero-order chi connectivity index (χ0) is 8.43. The minimum atomic E-state index is 0.385. The standard InChI is InChI=1S/C9H15NO/c1-4-7-5-8(10)9(11-7)6(2)3/h5-6H,4,10H2,1-3H3. The van der Waals surface area contributed by atoms with Crippen molar-refractivity contribution in [2.24, 2.45) is 0 Å². The summed E-state index contributed by atoms with van der Waals surface area (Å²) in [5.41, 5.74) is 6.51. The van der Waals surface area contributed by atoms with Crippen molar-refractivity contribution in [3.8, 4) is 0 Å². The lowest BCUT2D eigenvalue weighted by atomic mass is 10.1. The van der Waals surface area contributed by atoms with Crippen LogP contribution in [-0.2, 0) is 6.42 Å². The largest absolute Gasteiger partial charge is 0.464 e. The van der Waals surface area contributed by atoms with Crippen molar-refractivity contribution < 1.29 is 4.42 Å². The van der Waals surface area contributed by atoms with E-state index in [4.69, 9.17) is 10.2 Å². The molecule has 1 aromatic rings. The molecule has 11 heavy (non-hydrogen) atoms. The van der Waals surface area contributed by atoms with Crippen molar-refractivity contribution in [1.29, 1.82) is 0 Å². The van der Waals surface area contributed by atoms with Gasteiger partial charge in [-0.05, 0) is 0 Å². The molecular weight excluding hydrogens is 138 g/mol. The maximum atomic E-state index is 5.72. The first-order chi connectivity index (χ1) is 5.15. The third-order valence-corrected chi connectivity index (χ3v) is 1.71. The van der Waals surface area contributed by atoms with E-state index in [-0.39, 0.29) is 0 Å².